The van der Waals surface area contributed by atoms with Crippen molar-refractivity contribution in [2.24, 2.45) is 0 Å². The summed E-state index contributed by atoms with van der Waals surface area (Å²) in [5.74, 6) is -0.286. The summed E-state index contributed by atoms with van der Waals surface area (Å²) in [7, 11) is 1.36. The Hall–Kier alpha value is 0.350. The molecule has 0 aromatic rings. The molecule has 1 unspecified atom stereocenters. The zero-order chi connectivity index (χ0) is 11.7. The van der Waals surface area contributed by atoms with Crippen LogP contribution in [-0.2, 0) is 9.53 Å². The first kappa shape index (κ1) is 18.7. The molecule has 0 saturated heterocycles. The van der Waals surface area contributed by atoms with Crippen molar-refractivity contribution in [1.82, 2.24) is 4.90 Å². The number of hydrogen-bond donors (Lipinski definition) is 2. The molecule has 0 aliphatic carbocycles. The predicted octanol–water partition coefficient (Wildman–Crippen LogP) is -3.27. The summed E-state index contributed by atoms with van der Waals surface area (Å²) in [6, 6.07) is -0.326. The molecule has 16 heavy (non-hydrogen) atoms. The third-order valence-corrected chi connectivity index (χ3v) is 2.30. The molecule has 0 rings (SSSR count). The zero-order valence-corrected chi connectivity index (χ0v) is 12.5. The van der Waals surface area contributed by atoms with Gasteiger partial charge in [-0.1, -0.05) is 0 Å². The first-order chi connectivity index (χ1) is 7.17. The number of hydrogen-bond acceptors (Lipinski definition) is 5. The van der Waals surface area contributed by atoms with Crippen molar-refractivity contribution >= 4 is 5.97 Å². The van der Waals surface area contributed by atoms with E-state index >= 15 is 0 Å². The van der Waals surface area contributed by atoms with Crippen molar-refractivity contribution in [3.63, 3.8) is 0 Å². The molecule has 0 aliphatic heterocycles. The number of methoxy groups -OCH3 is 1. The molecule has 0 aromatic carbocycles. The van der Waals surface area contributed by atoms with Crippen LogP contribution in [-0.4, -0.2) is 60.5 Å². The predicted molar refractivity (Wildman–Crippen MR) is 57.6 cm³/mol. The molecular formula is C10H22NNaO4. The van der Waals surface area contributed by atoms with Gasteiger partial charge in [-0.05, 0) is 19.8 Å². The molecule has 0 amide bonds. The standard InChI is InChI=1S/C10H21NO4.Na.H/c1-9(10(14)15-2)11(5-3-7-12)6-4-8-13;;/h9,12-13H,3-8H2,1-2H3;;/q;+1;-1. The van der Waals surface area contributed by atoms with Crippen LogP contribution in [0, 0.1) is 0 Å². The van der Waals surface area contributed by atoms with E-state index < -0.39 is 0 Å². The van der Waals surface area contributed by atoms with E-state index in [9.17, 15) is 4.79 Å². The van der Waals surface area contributed by atoms with E-state index in [1.165, 1.54) is 7.11 Å². The number of aliphatic hydroxyl groups is 2. The van der Waals surface area contributed by atoms with Crippen molar-refractivity contribution in [3.05, 3.63) is 0 Å². The Balaban J connectivity index is -0.000000980. The Labute approximate surface area is 121 Å². The third kappa shape index (κ3) is 7.60. The van der Waals surface area contributed by atoms with E-state index in [-0.39, 0.29) is 56.2 Å². The van der Waals surface area contributed by atoms with Gasteiger partial charge in [-0.2, -0.15) is 0 Å². The molecule has 1 atom stereocenters. The van der Waals surface area contributed by atoms with E-state index in [0.29, 0.717) is 25.9 Å². The first-order valence-corrected chi connectivity index (χ1v) is 5.21. The Kier molecular flexibility index (Phi) is 13.8. The van der Waals surface area contributed by atoms with Gasteiger partial charge < -0.3 is 16.4 Å². The summed E-state index contributed by atoms with van der Waals surface area (Å²) in [5.41, 5.74) is 0. The van der Waals surface area contributed by atoms with Crippen LogP contribution < -0.4 is 29.6 Å². The molecule has 0 aliphatic rings. The number of carbonyl (C=O) groups excluding carboxylic acids is 1. The van der Waals surface area contributed by atoms with Crippen LogP contribution in [0.2, 0.25) is 0 Å². The Bertz CT molecular complexity index is 178. The van der Waals surface area contributed by atoms with E-state index in [0.717, 1.165) is 0 Å². The van der Waals surface area contributed by atoms with Crippen molar-refractivity contribution in [1.29, 1.82) is 0 Å². The number of aliphatic hydroxyl groups excluding tert-OH is 2. The normalized spacial score (nSPS) is 12.1. The molecule has 0 radical (unpaired) electrons. The minimum absolute atomic E-state index is 0. The van der Waals surface area contributed by atoms with Gasteiger partial charge in [0.2, 0.25) is 0 Å². The molecular weight excluding hydrogens is 221 g/mol. The second-order valence-electron chi connectivity index (χ2n) is 3.39. The Morgan fingerprint density at radius 2 is 1.75 bits per heavy atom. The van der Waals surface area contributed by atoms with Gasteiger partial charge >= 0.3 is 35.5 Å². The van der Waals surface area contributed by atoms with Crippen LogP contribution in [0.3, 0.4) is 0 Å². The van der Waals surface area contributed by atoms with Gasteiger partial charge in [-0.15, -0.1) is 0 Å². The quantitative estimate of drug-likeness (QED) is 0.346. The molecule has 0 bridgehead atoms. The summed E-state index contributed by atoms with van der Waals surface area (Å²) in [4.78, 5) is 13.2. The average Bonchev–Trinajstić information content (AvgIpc) is 2.27. The second-order valence-corrected chi connectivity index (χ2v) is 3.39. The number of nitrogens with zero attached hydrogens (tertiary/aromatic N) is 1. The van der Waals surface area contributed by atoms with Crippen LogP contribution in [0.25, 0.3) is 0 Å². The summed E-state index contributed by atoms with van der Waals surface area (Å²) < 4.78 is 4.65. The van der Waals surface area contributed by atoms with Crippen LogP contribution in [0.4, 0.5) is 0 Å². The maximum absolute atomic E-state index is 11.3. The number of ether oxygens (including phenoxy) is 1. The summed E-state index contributed by atoms with van der Waals surface area (Å²) in [6.45, 7) is 3.23. The topological polar surface area (TPSA) is 70.0 Å². The maximum atomic E-state index is 11.3. The summed E-state index contributed by atoms with van der Waals surface area (Å²) in [6.07, 6.45) is 1.24. The van der Waals surface area contributed by atoms with E-state index in [4.69, 9.17) is 10.2 Å². The van der Waals surface area contributed by atoms with Crippen molar-refractivity contribution < 1.29 is 50.7 Å². The fourth-order valence-electron chi connectivity index (χ4n) is 1.37. The van der Waals surface area contributed by atoms with Crippen molar-refractivity contribution in [3.8, 4) is 0 Å². The van der Waals surface area contributed by atoms with Gasteiger partial charge in [0.15, 0.2) is 0 Å². The molecule has 92 valence electrons. The van der Waals surface area contributed by atoms with Crippen molar-refractivity contribution in [2.45, 2.75) is 25.8 Å². The SMILES string of the molecule is COC(=O)C(C)N(CCCO)CCCO.[H-].[Na+]. The molecule has 0 fully saturated rings. The Morgan fingerprint density at radius 3 is 2.06 bits per heavy atom. The van der Waals surface area contributed by atoms with Crippen molar-refractivity contribution in [2.75, 3.05) is 33.4 Å². The van der Waals surface area contributed by atoms with Gasteiger partial charge in [0.25, 0.3) is 0 Å². The molecule has 0 aromatic heterocycles. The van der Waals surface area contributed by atoms with Crippen LogP contribution in [0.5, 0.6) is 0 Å². The number of rotatable bonds is 8. The molecule has 0 saturated carbocycles. The molecule has 2 N–H and O–H groups in total. The number of esters is 1. The van der Waals surface area contributed by atoms with Gasteiger partial charge in [0.1, 0.15) is 6.04 Å². The molecule has 0 heterocycles. The molecule has 5 nitrogen and oxygen atoms in total. The fraction of sp³-hybridized carbons (Fsp3) is 0.900. The largest absolute Gasteiger partial charge is 1.00 e. The Morgan fingerprint density at radius 1 is 1.31 bits per heavy atom. The first-order valence-electron chi connectivity index (χ1n) is 5.21. The third-order valence-electron chi connectivity index (χ3n) is 2.30. The minimum atomic E-state index is -0.326. The molecule has 6 heteroatoms. The monoisotopic (exact) mass is 243 g/mol. The van der Waals surface area contributed by atoms with E-state index in [1.54, 1.807) is 6.92 Å². The van der Waals surface area contributed by atoms with Gasteiger partial charge in [0.05, 0.1) is 7.11 Å². The van der Waals surface area contributed by atoms with Crippen LogP contribution in [0.15, 0.2) is 0 Å². The van der Waals surface area contributed by atoms with Crippen LogP contribution in [0.1, 0.15) is 21.2 Å². The van der Waals surface area contributed by atoms with E-state index in [2.05, 4.69) is 4.74 Å². The molecule has 0 spiro atoms. The number of carbonyl (C=O) groups is 1. The van der Waals surface area contributed by atoms with Crippen LogP contribution >= 0.6 is 0 Å². The minimum Gasteiger partial charge on any atom is -1.00 e. The zero-order valence-electron chi connectivity index (χ0n) is 11.5. The van der Waals surface area contributed by atoms with Gasteiger partial charge in [-0.25, -0.2) is 0 Å². The maximum Gasteiger partial charge on any atom is 1.00 e. The smallest absolute Gasteiger partial charge is 1.00 e. The van der Waals surface area contributed by atoms with Gasteiger partial charge in [0, 0.05) is 26.3 Å². The van der Waals surface area contributed by atoms with Gasteiger partial charge in [-0.3, -0.25) is 9.69 Å². The average molecular weight is 243 g/mol. The summed E-state index contributed by atoms with van der Waals surface area (Å²) in [5, 5.41) is 17.5. The fourth-order valence-corrected chi connectivity index (χ4v) is 1.37. The van der Waals surface area contributed by atoms with E-state index in [1.807, 2.05) is 4.90 Å². The second kappa shape index (κ2) is 11.8. The summed E-state index contributed by atoms with van der Waals surface area (Å²) >= 11 is 0.